The number of aromatic nitrogens is 2. The van der Waals surface area contributed by atoms with E-state index >= 15 is 0 Å². The van der Waals surface area contributed by atoms with Crippen molar-refractivity contribution in [2.75, 3.05) is 31.1 Å². The third-order valence-corrected chi connectivity index (χ3v) is 4.85. The van der Waals surface area contributed by atoms with Crippen LogP contribution in [0.25, 0.3) is 11.1 Å². The number of hydrogen-bond acceptors (Lipinski definition) is 5. The summed E-state index contributed by atoms with van der Waals surface area (Å²) in [6, 6.07) is 17.5. The quantitative estimate of drug-likeness (QED) is 0.723. The van der Waals surface area contributed by atoms with Crippen LogP contribution in [0, 0.1) is 6.92 Å². The standard InChI is InChI=1S/C22H22N4O.H2/c1-16-19(14-18(15-24-16)17-6-3-2-4-7-17)22(27)20-8-5-9-21(25-20)26-12-10-23-11-13-26;/h2-9,14-15,23H,10-13H2,1H3;1H. The Hall–Kier alpha value is -3.05. The van der Waals surface area contributed by atoms with E-state index in [1.54, 1.807) is 6.07 Å². The van der Waals surface area contributed by atoms with Gasteiger partial charge in [-0.25, -0.2) is 4.98 Å². The average molecular weight is 360 g/mol. The average Bonchev–Trinajstić information content (AvgIpc) is 2.75. The van der Waals surface area contributed by atoms with Crippen LogP contribution in [0.1, 0.15) is 23.2 Å². The predicted molar refractivity (Wildman–Crippen MR) is 109 cm³/mol. The molecule has 27 heavy (non-hydrogen) atoms. The van der Waals surface area contributed by atoms with Crippen molar-refractivity contribution in [1.29, 1.82) is 0 Å². The van der Waals surface area contributed by atoms with E-state index in [9.17, 15) is 4.79 Å². The normalized spacial score (nSPS) is 14.2. The molecule has 5 nitrogen and oxygen atoms in total. The first-order chi connectivity index (χ1) is 13.2. The van der Waals surface area contributed by atoms with Gasteiger partial charge in [-0.3, -0.25) is 9.78 Å². The summed E-state index contributed by atoms with van der Waals surface area (Å²) in [5.74, 6) is 0.766. The second-order valence-corrected chi connectivity index (χ2v) is 6.67. The Balaban J connectivity index is 0.00000225. The summed E-state index contributed by atoms with van der Waals surface area (Å²) < 4.78 is 0. The summed E-state index contributed by atoms with van der Waals surface area (Å²) in [6.45, 7) is 5.52. The van der Waals surface area contributed by atoms with Crippen molar-refractivity contribution < 1.29 is 6.22 Å². The zero-order valence-corrected chi connectivity index (χ0v) is 15.4. The molecule has 1 aliphatic rings. The number of nitrogens with zero attached hydrogens (tertiary/aromatic N) is 3. The van der Waals surface area contributed by atoms with E-state index in [0.29, 0.717) is 17.0 Å². The predicted octanol–water partition coefficient (Wildman–Crippen LogP) is 3.34. The number of piperazine rings is 1. The van der Waals surface area contributed by atoms with Gasteiger partial charge in [-0.05, 0) is 30.7 Å². The van der Waals surface area contributed by atoms with Crippen molar-refractivity contribution in [2.24, 2.45) is 0 Å². The minimum atomic E-state index is -0.0882. The lowest BCUT2D eigenvalue weighted by atomic mass is 10.0. The van der Waals surface area contributed by atoms with Gasteiger partial charge in [0.25, 0.3) is 0 Å². The van der Waals surface area contributed by atoms with Gasteiger partial charge in [-0.15, -0.1) is 0 Å². The Morgan fingerprint density at radius 3 is 2.59 bits per heavy atom. The number of aryl methyl sites for hydroxylation is 1. The minimum absolute atomic E-state index is 0. The highest BCUT2D eigenvalue weighted by Gasteiger charge is 2.18. The summed E-state index contributed by atoms with van der Waals surface area (Å²) in [7, 11) is 0. The van der Waals surface area contributed by atoms with E-state index in [2.05, 4.69) is 20.2 Å². The van der Waals surface area contributed by atoms with Crippen LogP contribution < -0.4 is 10.2 Å². The molecule has 4 rings (SSSR count). The molecule has 2 aromatic heterocycles. The van der Waals surface area contributed by atoms with E-state index in [1.165, 1.54) is 0 Å². The Labute approximate surface area is 160 Å². The first kappa shape index (κ1) is 17.4. The van der Waals surface area contributed by atoms with Crippen LogP contribution in [0.15, 0.2) is 60.8 Å². The van der Waals surface area contributed by atoms with Gasteiger partial charge in [0.2, 0.25) is 5.78 Å². The van der Waals surface area contributed by atoms with Crippen molar-refractivity contribution in [3.63, 3.8) is 0 Å². The molecular weight excluding hydrogens is 336 g/mol. The zero-order valence-electron chi connectivity index (χ0n) is 15.4. The van der Waals surface area contributed by atoms with Crippen molar-refractivity contribution in [3.05, 3.63) is 77.7 Å². The highest BCUT2D eigenvalue weighted by molar-refractivity contribution is 6.09. The molecule has 1 aliphatic heterocycles. The molecular formula is C22H24N4O. The molecule has 1 fully saturated rings. The van der Waals surface area contributed by atoms with Crippen LogP contribution in [-0.2, 0) is 0 Å². The van der Waals surface area contributed by atoms with Crippen molar-refractivity contribution >= 4 is 11.6 Å². The number of carbonyl (C=O) groups is 1. The molecule has 0 spiro atoms. The fraction of sp³-hybridized carbons (Fsp3) is 0.227. The second kappa shape index (κ2) is 7.68. The Morgan fingerprint density at radius 1 is 1.04 bits per heavy atom. The smallest absolute Gasteiger partial charge is 0.213 e. The van der Waals surface area contributed by atoms with Gasteiger partial charge in [0, 0.05) is 50.6 Å². The van der Waals surface area contributed by atoms with Gasteiger partial charge in [0.15, 0.2) is 0 Å². The first-order valence-electron chi connectivity index (χ1n) is 9.22. The maximum atomic E-state index is 13.2. The first-order valence-corrected chi connectivity index (χ1v) is 9.22. The van der Waals surface area contributed by atoms with Gasteiger partial charge >= 0.3 is 0 Å². The zero-order chi connectivity index (χ0) is 18.6. The monoisotopic (exact) mass is 360 g/mol. The minimum Gasteiger partial charge on any atom is -0.354 e. The van der Waals surface area contributed by atoms with Crippen LogP contribution in [0.2, 0.25) is 0 Å². The lowest BCUT2D eigenvalue weighted by Gasteiger charge is -2.28. The summed E-state index contributed by atoms with van der Waals surface area (Å²) >= 11 is 0. The number of carbonyl (C=O) groups excluding carboxylic acids is 1. The Kier molecular flexibility index (Phi) is 4.94. The summed E-state index contributed by atoms with van der Waals surface area (Å²) in [5.41, 5.74) is 3.75. The second-order valence-electron chi connectivity index (χ2n) is 6.67. The van der Waals surface area contributed by atoms with Crippen LogP contribution >= 0.6 is 0 Å². The molecule has 0 bridgehead atoms. The largest absolute Gasteiger partial charge is 0.354 e. The Bertz CT molecular complexity index is 956. The van der Waals surface area contributed by atoms with E-state index < -0.39 is 0 Å². The summed E-state index contributed by atoms with van der Waals surface area (Å²) in [4.78, 5) is 24.4. The number of benzene rings is 1. The van der Waals surface area contributed by atoms with Gasteiger partial charge < -0.3 is 10.2 Å². The number of anilines is 1. The molecule has 0 unspecified atom stereocenters. The molecule has 1 N–H and O–H groups in total. The van der Waals surface area contributed by atoms with Gasteiger partial charge in [-0.1, -0.05) is 36.4 Å². The van der Waals surface area contributed by atoms with E-state index in [1.807, 2.05) is 61.7 Å². The Morgan fingerprint density at radius 2 is 1.81 bits per heavy atom. The molecule has 0 saturated carbocycles. The lowest BCUT2D eigenvalue weighted by Crippen LogP contribution is -2.44. The molecule has 1 aromatic carbocycles. The molecule has 0 atom stereocenters. The lowest BCUT2D eigenvalue weighted by molar-refractivity contribution is 0.103. The maximum absolute atomic E-state index is 13.2. The molecule has 0 aliphatic carbocycles. The molecule has 5 heteroatoms. The van der Waals surface area contributed by atoms with Gasteiger partial charge in [0.1, 0.15) is 11.5 Å². The number of rotatable bonds is 4. The van der Waals surface area contributed by atoms with Crippen LogP contribution in [0.5, 0.6) is 0 Å². The fourth-order valence-corrected chi connectivity index (χ4v) is 3.31. The number of nitrogens with one attached hydrogen (secondary N) is 1. The van der Waals surface area contributed by atoms with Crippen molar-refractivity contribution in [3.8, 4) is 11.1 Å². The summed E-state index contributed by atoms with van der Waals surface area (Å²) in [6.07, 6.45) is 1.81. The van der Waals surface area contributed by atoms with Gasteiger partial charge in [0.05, 0.1) is 0 Å². The highest BCUT2D eigenvalue weighted by atomic mass is 16.1. The molecule has 1 saturated heterocycles. The van der Waals surface area contributed by atoms with Crippen LogP contribution in [-0.4, -0.2) is 41.9 Å². The molecule has 0 amide bonds. The van der Waals surface area contributed by atoms with Crippen molar-refractivity contribution in [2.45, 2.75) is 6.92 Å². The van der Waals surface area contributed by atoms with E-state index in [-0.39, 0.29) is 7.21 Å². The molecule has 3 aromatic rings. The topological polar surface area (TPSA) is 58.1 Å². The number of ketones is 1. The van der Waals surface area contributed by atoms with Crippen LogP contribution in [0.3, 0.4) is 0 Å². The van der Waals surface area contributed by atoms with Gasteiger partial charge in [-0.2, -0.15) is 0 Å². The molecule has 0 radical (unpaired) electrons. The fourth-order valence-electron chi connectivity index (χ4n) is 3.31. The number of pyridine rings is 2. The SMILES string of the molecule is Cc1ncc(-c2ccccc2)cc1C(=O)c1cccc(N2CCNCC2)n1.[HH]. The highest BCUT2D eigenvalue weighted by Crippen LogP contribution is 2.23. The maximum Gasteiger partial charge on any atom is 0.213 e. The van der Waals surface area contributed by atoms with E-state index in [4.69, 9.17) is 0 Å². The summed E-state index contributed by atoms with van der Waals surface area (Å²) in [5, 5.41) is 3.33. The van der Waals surface area contributed by atoms with Crippen LogP contribution in [0.4, 0.5) is 5.82 Å². The third-order valence-electron chi connectivity index (χ3n) is 4.85. The van der Waals surface area contributed by atoms with Crippen molar-refractivity contribution in [1.82, 2.24) is 15.3 Å². The molecule has 138 valence electrons. The third kappa shape index (κ3) is 3.73. The number of hydrogen-bond donors (Lipinski definition) is 1. The molecule has 3 heterocycles. The van der Waals surface area contributed by atoms with E-state index in [0.717, 1.165) is 43.1 Å².